The minimum atomic E-state index is -0.818. The van der Waals surface area contributed by atoms with E-state index in [1.54, 1.807) is 18.5 Å². The van der Waals surface area contributed by atoms with Crippen molar-refractivity contribution in [2.75, 3.05) is 6.61 Å². The largest absolute Gasteiger partial charge is 0.393 e. The zero-order chi connectivity index (χ0) is 9.26. The summed E-state index contributed by atoms with van der Waals surface area (Å²) in [6.07, 6.45) is 0.779. The van der Waals surface area contributed by atoms with Crippen LogP contribution in [0, 0.1) is 0 Å². The van der Waals surface area contributed by atoms with Crippen LogP contribution >= 0.6 is 0 Å². The zero-order valence-corrected chi connectivity index (χ0v) is 6.94. The van der Waals surface area contributed by atoms with E-state index in [4.69, 9.17) is 5.11 Å². The number of hydrogen-bond acceptors (Lipinski definition) is 3. The first-order valence-electron chi connectivity index (χ1n) is 4.03. The molecule has 13 heavy (non-hydrogen) atoms. The fourth-order valence-electron chi connectivity index (χ4n) is 1.26. The number of imidazole rings is 1. The molecule has 68 valence electrons. The fraction of sp³-hybridized carbons (Fsp3) is 0.222. The van der Waals surface area contributed by atoms with E-state index in [1.807, 2.05) is 6.07 Å². The minimum absolute atomic E-state index is 0.268. The summed E-state index contributed by atoms with van der Waals surface area (Å²) in [5.41, 5.74) is 2.40. The van der Waals surface area contributed by atoms with Gasteiger partial charge < -0.3 is 15.2 Å². The summed E-state index contributed by atoms with van der Waals surface area (Å²) < 4.78 is 0. The molecule has 4 nitrogen and oxygen atoms in total. The van der Waals surface area contributed by atoms with Crippen LogP contribution in [0.25, 0.3) is 11.0 Å². The van der Waals surface area contributed by atoms with Crippen molar-refractivity contribution in [1.29, 1.82) is 0 Å². The number of nitrogens with one attached hydrogen (secondary N) is 1. The van der Waals surface area contributed by atoms with Crippen molar-refractivity contribution in [3.05, 3.63) is 30.1 Å². The normalized spacial score (nSPS) is 13.4. The highest BCUT2D eigenvalue weighted by molar-refractivity contribution is 5.75. The predicted molar refractivity (Wildman–Crippen MR) is 48.1 cm³/mol. The van der Waals surface area contributed by atoms with Crippen LogP contribution in [0.4, 0.5) is 0 Å². The Morgan fingerprint density at radius 2 is 2.31 bits per heavy atom. The lowest BCUT2D eigenvalue weighted by Crippen LogP contribution is -2.01. The molecule has 3 N–H and O–H groups in total. The maximum Gasteiger partial charge on any atom is 0.102 e. The van der Waals surface area contributed by atoms with E-state index in [0.717, 1.165) is 11.0 Å². The molecule has 0 aliphatic heterocycles. The fourth-order valence-corrected chi connectivity index (χ4v) is 1.26. The van der Waals surface area contributed by atoms with Crippen molar-refractivity contribution in [2.45, 2.75) is 6.10 Å². The number of aromatic nitrogens is 2. The van der Waals surface area contributed by atoms with Gasteiger partial charge in [-0.15, -0.1) is 0 Å². The van der Waals surface area contributed by atoms with E-state index in [1.165, 1.54) is 0 Å². The second-order valence-electron chi connectivity index (χ2n) is 2.88. The molecule has 0 aliphatic carbocycles. The predicted octanol–water partition coefficient (Wildman–Crippen LogP) is 0.589. The molecule has 1 unspecified atom stereocenters. The topological polar surface area (TPSA) is 69.1 Å². The van der Waals surface area contributed by atoms with Crippen LogP contribution in [-0.2, 0) is 0 Å². The smallest absolute Gasteiger partial charge is 0.102 e. The van der Waals surface area contributed by atoms with Gasteiger partial charge in [-0.05, 0) is 17.7 Å². The number of benzene rings is 1. The summed E-state index contributed by atoms with van der Waals surface area (Å²) in [4.78, 5) is 7.00. The van der Waals surface area contributed by atoms with Gasteiger partial charge in [0.15, 0.2) is 0 Å². The van der Waals surface area contributed by atoms with Gasteiger partial charge in [-0.1, -0.05) is 6.07 Å². The number of nitrogens with zero attached hydrogens (tertiary/aromatic N) is 1. The van der Waals surface area contributed by atoms with Crippen molar-refractivity contribution < 1.29 is 10.2 Å². The van der Waals surface area contributed by atoms with E-state index in [2.05, 4.69) is 9.97 Å². The third-order valence-corrected chi connectivity index (χ3v) is 2.00. The number of rotatable bonds is 2. The Labute approximate surface area is 74.9 Å². The van der Waals surface area contributed by atoms with Crippen LogP contribution < -0.4 is 0 Å². The van der Waals surface area contributed by atoms with Crippen molar-refractivity contribution in [3.63, 3.8) is 0 Å². The quantitative estimate of drug-likeness (QED) is 0.630. The molecule has 2 aromatic rings. The number of hydrogen-bond donors (Lipinski definition) is 3. The molecule has 4 heteroatoms. The van der Waals surface area contributed by atoms with Crippen molar-refractivity contribution in [1.82, 2.24) is 9.97 Å². The Hall–Kier alpha value is -1.39. The molecule has 2 rings (SSSR count). The van der Waals surface area contributed by atoms with Crippen LogP contribution in [0.1, 0.15) is 11.7 Å². The standard InChI is InChI=1S/C9H10N2O2/c12-4-9(13)6-1-2-7-8(3-6)11-5-10-7/h1-3,5,9,12-13H,4H2,(H,10,11). The maximum absolute atomic E-state index is 9.34. The maximum atomic E-state index is 9.34. The lowest BCUT2D eigenvalue weighted by atomic mass is 10.1. The number of H-pyrrole nitrogens is 1. The van der Waals surface area contributed by atoms with Gasteiger partial charge in [0.2, 0.25) is 0 Å². The lowest BCUT2D eigenvalue weighted by Gasteiger charge is -2.06. The van der Waals surface area contributed by atoms with Crippen LogP contribution in [0.3, 0.4) is 0 Å². The van der Waals surface area contributed by atoms with Gasteiger partial charge in [0.1, 0.15) is 6.10 Å². The molecular weight excluding hydrogens is 168 g/mol. The summed E-state index contributed by atoms with van der Waals surface area (Å²) in [7, 11) is 0. The molecule has 1 aromatic heterocycles. The summed E-state index contributed by atoms with van der Waals surface area (Å²) in [6, 6.07) is 5.35. The third kappa shape index (κ3) is 1.41. The van der Waals surface area contributed by atoms with Gasteiger partial charge in [-0.3, -0.25) is 0 Å². The number of aromatic amines is 1. The van der Waals surface area contributed by atoms with Gasteiger partial charge in [0.05, 0.1) is 24.0 Å². The molecule has 0 aliphatic rings. The number of fused-ring (bicyclic) bond motifs is 1. The first-order chi connectivity index (χ1) is 6.31. The molecule has 0 bridgehead atoms. The minimum Gasteiger partial charge on any atom is -0.393 e. The highest BCUT2D eigenvalue weighted by Gasteiger charge is 2.06. The van der Waals surface area contributed by atoms with Gasteiger partial charge in [0, 0.05) is 0 Å². The van der Waals surface area contributed by atoms with Crippen molar-refractivity contribution in [3.8, 4) is 0 Å². The van der Waals surface area contributed by atoms with E-state index in [0.29, 0.717) is 5.56 Å². The molecular formula is C9H10N2O2. The highest BCUT2D eigenvalue weighted by atomic mass is 16.3. The Bertz CT molecular complexity index is 411. The molecule has 0 saturated carbocycles. The Morgan fingerprint density at radius 1 is 1.46 bits per heavy atom. The molecule has 1 aromatic carbocycles. The van der Waals surface area contributed by atoms with Gasteiger partial charge >= 0.3 is 0 Å². The lowest BCUT2D eigenvalue weighted by molar-refractivity contribution is 0.0957. The summed E-state index contributed by atoms with van der Waals surface area (Å²) in [5.74, 6) is 0. The van der Waals surface area contributed by atoms with Gasteiger partial charge in [-0.2, -0.15) is 0 Å². The monoisotopic (exact) mass is 178 g/mol. The average molecular weight is 178 g/mol. The molecule has 0 radical (unpaired) electrons. The molecule has 1 atom stereocenters. The SMILES string of the molecule is OCC(O)c1ccc2[nH]cnc2c1. The summed E-state index contributed by atoms with van der Waals surface area (Å²) in [6.45, 7) is -0.268. The molecule has 0 amide bonds. The van der Waals surface area contributed by atoms with Crippen LogP contribution in [0.15, 0.2) is 24.5 Å². The van der Waals surface area contributed by atoms with E-state index in [9.17, 15) is 5.11 Å². The first-order valence-corrected chi connectivity index (χ1v) is 4.03. The van der Waals surface area contributed by atoms with Gasteiger partial charge in [0.25, 0.3) is 0 Å². The molecule has 1 heterocycles. The van der Waals surface area contributed by atoms with E-state index >= 15 is 0 Å². The van der Waals surface area contributed by atoms with Crippen molar-refractivity contribution in [2.24, 2.45) is 0 Å². The Morgan fingerprint density at radius 3 is 3.08 bits per heavy atom. The molecule has 0 fully saturated rings. The van der Waals surface area contributed by atoms with E-state index < -0.39 is 6.10 Å². The van der Waals surface area contributed by atoms with E-state index in [-0.39, 0.29) is 6.61 Å². The number of aliphatic hydroxyl groups is 2. The van der Waals surface area contributed by atoms with Crippen LogP contribution in [0.5, 0.6) is 0 Å². The first kappa shape index (κ1) is 8.22. The molecule has 0 spiro atoms. The highest BCUT2D eigenvalue weighted by Crippen LogP contribution is 2.17. The summed E-state index contributed by atoms with van der Waals surface area (Å²) >= 11 is 0. The van der Waals surface area contributed by atoms with Crippen LogP contribution in [-0.4, -0.2) is 26.8 Å². The zero-order valence-electron chi connectivity index (χ0n) is 6.94. The Kier molecular flexibility index (Phi) is 2.00. The van der Waals surface area contributed by atoms with Crippen molar-refractivity contribution >= 4 is 11.0 Å². The Balaban J connectivity index is 2.48. The second kappa shape index (κ2) is 3.16. The molecule has 0 saturated heterocycles. The second-order valence-corrected chi connectivity index (χ2v) is 2.88. The van der Waals surface area contributed by atoms with Crippen LogP contribution in [0.2, 0.25) is 0 Å². The average Bonchev–Trinajstić information content (AvgIpc) is 2.63. The van der Waals surface area contributed by atoms with Gasteiger partial charge in [-0.25, -0.2) is 4.98 Å². The third-order valence-electron chi connectivity index (χ3n) is 2.00. The summed E-state index contributed by atoms with van der Waals surface area (Å²) in [5, 5.41) is 18.1. The number of aliphatic hydroxyl groups excluding tert-OH is 2.